The highest BCUT2D eigenvalue weighted by Crippen LogP contribution is 2.39. The van der Waals surface area contributed by atoms with E-state index in [2.05, 4.69) is 6.07 Å². The van der Waals surface area contributed by atoms with Gasteiger partial charge in [0.1, 0.15) is 11.6 Å². The van der Waals surface area contributed by atoms with Crippen molar-refractivity contribution >= 4 is 11.6 Å². The van der Waals surface area contributed by atoms with E-state index in [4.69, 9.17) is 14.2 Å². The molecule has 0 saturated carbocycles. The maximum Gasteiger partial charge on any atom is 0.231 e. The predicted octanol–water partition coefficient (Wildman–Crippen LogP) is 4.02. The minimum absolute atomic E-state index is 0.164. The molecular formula is C18H14FNO3. The largest absolute Gasteiger partial charge is 0.493 e. The zero-order chi connectivity index (χ0) is 16.2. The second kappa shape index (κ2) is 6.41. The van der Waals surface area contributed by atoms with Crippen LogP contribution in [0.4, 0.5) is 4.39 Å². The number of ether oxygens (including phenoxy) is 3. The number of benzene rings is 2. The van der Waals surface area contributed by atoms with E-state index in [9.17, 15) is 9.65 Å². The molecule has 1 aliphatic rings. The molecule has 0 saturated heterocycles. The van der Waals surface area contributed by atoms with Gasteiger partial charge in [-0.25, -0.2) is 4.39 Å². The van der Waals surface area contributed by atoms with Gasteiger partial charge in [-0.15, -0.1) is 0 Å². The minimum Gasteiger partial charge on any atom is -0.493 e. The van der Waals surface area contributed by atoms with E-state index >= 15 is 0 Å². The van der Waals surface area contributed by atoms with Crippen molar-refractivity contribution < 1.29 is 18.6 Å². The van der Waals surface area contributed by atoms with E-state index < -0.39 is 0 Å². The number of rotatable bonds is 4. The fourth-order valence-corrected chi connectivity index (χ4v) is 2.30. The van der Waals surface area contributed by atoms with Gasteiger partial charge in [0.15, 0.2) is 11.5 Å². The van der Waals surface area contributed by atoms with Crippen LogP contribution >= 0.6 is 0 Å². The molecule has 0 aromatic heterocycles. The van der Waals surface area contributed by atoms with Crippen LogP contribution < -0.4 is 14.2 Å². The number of hydrogen-bond donors (Lipinski definition) is 0. The second-order valence-electron chi connectivity index (χ2n) is 4.85. The topological polar surface area (TPSA) is 51.5 Å². The number of nitrogens with zero attached hydrogens (tertiary/aromatic N) is 1. The van der Waals surface area contributed by atoms with Crippen LogP contribution in [0.25, 0.3) is 11.6 Å². The molecule has 5 heteroatoms. The molecule has 0 fully saturated rings. The van der Waals surface area contributed by atoms with E-state index in [-0.39, 0.29) is 12.6 Å². The van der Waals surface area contributed by atoms with E-state index in [0.29, 0.717) is 40.6 Å². The highest BCUT2D eigenvalue weighted by atomic mass is 19.1. The lowest BCUT2D eigenvalue weighted by molar-refractivity contribution is 0.174. The standard InChI is InChI=1S/C18H14FNO3/c1-2-21-16-9-18-17(22-11-23-18)8-13(16)7-14(10-20)12-3-5-15(19)6-4-12/h3-9H,2,11H2,1H3/b14-7+. The summed E-state index contributed by atoms with van der Waals surface area (Å²) < 4.78 is 29.4. The van der Waals surface area contributed by atoms with Gasteiger partial charge in [0.2, 0.25) is 6.79 Å². The Morgan fingerprint density at radius 2 is 1.96 bits per heavy atom. The van der Waals surface area contributed by atoms with Crippen molar-refractivity contribution in [3.8, 4) is 23.3 Å². The van der Waals surface area contributed by atoms with Gasteiger partial charge < -0.3 is 14.2 Å². The zero-order valence-corrected chi connectivity index (χ0v) is 12.5. The summed E-state index contributed by atoms with van der Waals surface area (Å²) >= 11 is 0. The van der Waals surface area contributed by atoms with Crippen LogP contribution in [0.5, 0.6) is 17.2 Å². The number of allylic oxidation sites excluding steroid dienone is 1. The van der Waals surface area contributed by atoms with Crippen LogP contribution in [0.3, 0.4) is 0 Å². The van der Waals surface area contributed by atoms with Gasteiger partial charge in [0.25, 0.3) is 0 Å². The molecule has 1 heterocycles. The molecule has 0 N–H and O–H groups in total. The monoisotopic (exact) mass is 311 g/mol. The second-order valence-corrected chi connectivity index (χ2v) is 4.85. The Morgan fingerprint density at radius 3 is 2.61 bits per heavy atom. The van der Waals surface area contributed by atoms with Crippen molar-refractivity contribution in [2.45, 2.75) is 6.92 Å². The van der Waals surface area contributed by atoms with Crippen molar-refractivity contribution in [2.75, 3.05) is 13.4 Å². The summed E-state index contributed by atoms with van der Waals surface area (Å²) in [5.74, 6) is 1.48. The van der Waals surface area contributed by atoms with Crippen LogP contribution in [-0.2, 0) is 0 Å². The molecule has 3 rings (SSSR count). The molecule has 0 atom stereocenters. The number of nitriles is 1. The van der Waals surface area contributed by atoms with Crippen LogP contribution in [0.1, 0.15) is 18.1 Å². The Morgan fingerprint density at radius 1 is 1.26 bits per heavy atom. The number of hydrogen-bond acceptors (Lipinski definition) is 4. The summed E-state index contributed by atoms with van der Waals surface area (Å²) in [4.78, 5) is 0. The lowest BCUT2D eigenvalue weighted by Gasteiger charge is -2.09. The Bertz CT molecular complexity index is 791. The van der Waals surface area contributed by atoms with Gasteiger partial charge in [-0.1, -0.05) is 12.1 Å². The molecule has 0 spiro atoms. The van der Waals surface area contributed by atoms with Gasteiger partial charge in [0.05, 0.1) is 18.2 Å². The maximum atomic E-state index is 13.0. The van der Waals surface area contributed by atoms with E-state index in [1.165, 1.54) is 12.1 Å². The molecule has 2 aromatic carbocycles. The van der Waals surface area contributed by atoms with Gasteiger partial charge in [-0.3, -0.25) is 0 Å². The number of fused-ring (bicyclic) bond motifs is 1. The first-order chi connectivity index (χ1) is 11.2. The molecule has 0 unspecified atom stereocenters. The predicted molar refractivity (Wildman–Crippen MR) is 83.6 cm³/mol. The smallest absolute Gasteiger partial charge is 0.231 e. The summed E-state index contributed by atoms with van der Waals surface area (Å²) in [6, 6.07) is 11.4. The van der Waals surface area contributed by atoms with Gasteiger partial charge in [0, 0.05) is 11.6 Å². The Kier molecular flexibility index (Phi) is 4.15. The molecule has 0 amide bonds. The molecule has 1 aliphatic heterocycles. The quantitative estimate of drug-likeness (QED) is 0.632. The molecule has 2 aromatic rings. The third-order valence-electron chi connectivity index (χ3n) is 3.38. The lowest BCUT2D eigenvalue weighted by Crippen LogP contribution is -1.94. The zero-order valence-electron chi connectivity index (χ0n) is 12.5. The minimum atomic E-state index is -0.343. The SMILES string of the molecule is CCOc1cc2c(cc1/C=C(\C#N)c1ccc(F)cc1)OCO2. The third kappa shape index (κ3) is 3.11. The first-order valence-electron chi connectivity index (χ1n) is 7.15. The molecule has 0 radical (unpaired) electrons. The van der Waals surface area contributed by atoms with E-state index in [1.54, 1.807) is 30.3 Å². The molecule has 0 bridgehead atoms. The van der Waals surface area contributed by atoms with Crippen LogP contribution in [0.2, 0.25) is 0 Å². The van der Waals surface area contributed by atoms with Crippen molar-refractivity contribution in [1.82, 2.24) is 0 Å². The Balaban J connectivity index is 2.05. The Hall–Kier alpha value is -3.00. The summed E-state index contributed by atoms with van der Waals surface area (Å²) in [6.45, 7) is 2.53. The number of halogens is 1. The third-order valence-corrected chi connectivity index (χ3v) is 3.38. The highest BCUT2D eigenvalue weighted by Gasteiger charge is 2.17. The molecule has 0 aliphatic carbocycles. The van der Waals surface area contributed by atoms with E-state index in [1.807, 2.05) is 6.92 Å². The fraction of sp³-hybridized carbons (Fsp3) is 0.167. The fourth-order valence-electron chi connectivity index (χ4n) is 2.30. The van der Waals surface area contributed by atoms with Crippen molar-refractivity contribution in [2.24, 2.45) is 0 Å². The maximum absolute atomic E-state index is 13.0. The van der Waals surface area contributed by atoms with Gasteiger partial charge >= 0.3 is 0 Å². The summed E-state index contributed by atoms with van der Waals surface area (Å²) in [5, 5.41) is 9.42. The van der Waals surface area contributed by atoms with Crippen molar-refractivity contribution in [1.29, 1.82) is 5.26 Å². The lowest BCUT2D eigenvalue weighted by atomic mass is 10.0. The van der Waals surface area contributed by atoms with Crippen LogP contribution in [0, 0.1) is 17.1 Å². The van der Waals surface area contributed by atoms with Crippen molar-refractivity contribution in [3.63, 3.8) is 0 Å². The van der Waals surface area contributed by atoms with Gasteiger partial charge in [-0.05, 0) is 36.8 Å². The highest BCUT2D eigenvalue weighted by molar-refractivity contribution is 5.91. The van der Waals surface area contributed by atoms with Crippen LogP contribution in [0.15, 0.2) is 36.4 Å². The first kappa shape index (κ1) is 14.9. The molecule has 116 valence electrons. The van der Waals surface area contributed by atoms with Crippen LogP contribution in [-0.4, -0.2) is 13.4 Å². The molecule has 4 nitrogen and oxygen atoms in total. The normalized spacial score (nSPS) is 12.8. The molecular weight excluding hydrogens is 297 g/mol. The summed E-state index contributed by atoms with van der Waals surface area (Å²) in [5.41, 5.74) is 1.75. The molecule has 23 heavy (non-hydrogen) atoms. The Labute approximate surface area is 133 Å². The van der Waals surface area contributed by atoms with Crippen molar-refractivity contribution in [3.05, 3.63) is 53.3 Å². The summed E-state index contributed by atoms with van der Waals surface area (Å²) in [7, 11) is 0. The average Bonchev–Trinajstić information content (AvgIpc) is 3.01. The first-order valence-corrected chi connectivity index (χ1v) is 7.15. The average molecular weight is 311 g/mol. The summed E-state index contributed by atoms with van der Waals surface area (Å²) in [6.07, 6.45) is 1.69. The van der Waals surface area contributed by atoms with Gasteiger partial charge in [-0.2, -0.15) is 5.26 Å². The van der Waals surface area contributed by atoms with E-state index in [0.717, 1.165) is 0 Å².